The quantitative estimate of drug-likeness (QED) is 0.797. The largest absolute Gasteiger partial charge is 0.220 e. The van der Waals surface area contributed by atoms with Crippen molar-refractivity contribution in [3.8, 4) is 5.69 Å². The van der Waals surface area contributed by atoms with Gasteiger partial charge in [0.05, 0.1) is 17.6 Å². The van der Waals surface area contributed by atoms with Gasteiger partial charge in [0.25, 0.3) is 0 Å². The van der Waals surface area contributed by atoms with Crippen LogP contribution < -0.4 is 0 Å². The third-order valence-electron chi connectivity index (χ3n) is 2.53. The number of aryl methyl sites for hydroxylation is 2. The molecule has 0 aliphatic carbocycles. The van der Waals surface area contributed by atoms with Crippen LogP contribution in [-0.2, 0) is 6.42 Å². The van der Waals surface area contributed by atoms with Crippen LogP contribution in [0.15, 0.2) is 24.4 Å². The molecular formula is C12H13Cl2N3. The molecule has 0 unspecified atom stereocenters. The molecule has 0 amide bonds. The summed E-state index contributed by atoms with van der Waals surface area (Å²) >= 11 is 11.7. The lowest BCUT2D eigenvalue weighted by molar-refractivity contribution is 0.792. The molecule has 0 atom stereocenters. The van der Waals surface area contributed by atoms with Crippen molar-refractivity contribution in [2.75, 3.05) is 5.88 Å². The molecule has 3 nitrogen and oxygen atoms in total. The minimum Gasteiger partial charge on any atom is -0.220 e. The Morgan fingerprint density at radius 2 is 2.18 bits per heavy atom. The van der Waals surface area contributed by atoms with Crippen LogP contribution in [0.3, 0.4) is 0 Å². The minimum atomic E-state index is 0.642. The summed E-state index contributed by atoms with van der Waals surface area (Å²) in [5.74, 6) is 0.642. The fourth-order valence-electron chi connectivity index (χ4n) is 1.51. The maximum Gasteiger partial charge on any atom is 0.0832 e. The van der Waals surface area contributed by atoms with Gasteiger partial charge in [-0.1, -0.05) is 22.9 Å². The number of benzene rings is 1. The van der Waals surface area contributed by atoms with Gasteiger partial charge in [-0.05, 0) is 37.5 Å². The van der Waals surface area contributed by atoms with Gasteiger partial charge in [0, 0.05) is 10.9 Å². The van der Waals surface area contributed by atoms with Crippen molar-refractivity contribution >= 4 is 23.2 Å². The van der Waals surface area contributed by atoms with Crippen LogP contribution in [0, 0.1) is 6.92 Å². The van der Waals surface area contributed by atoms with E-state index in [2.05, 4.69) is 10.3 Å². The molecule has 0 saturated heterocycles. The van der Waals surface area contributed by atoms with E-state index in [0.29, 0.717) is 5.88 Å². The molecule has 0 saturated carbocycles. The maximum absolute atomic E-state index is 6.08. The molecule has 0 aliphatic rings. The lowest BCUT2D eigenvalue weighted by atomic mass is 10.2. The maximum atomic E-state index is 6.08. The summed E-state index contributed by atoms with van der Waals surface area (Å²) in [6, 6.07) is 5.83. The summed E-state index contributed by atoms with van der Waals surface area (Å²) in [6.45, 7) is 1.97. The van der Waals surface area contributed by atoms with E-state index in [1.165, 1.54) is 0 Å². The number of hydrogen-bond donors (Lipinski definition) is 0. The summed E-state index contributed by atoms with van der Waals surface area (Å²) in [6.07, 6.45) is 3.67. The molecule has 1 aromatic heterocycles. The highest BCUT2D eigenvalue weighted by Gasteiger charge is 2.04. The van der Waals surface area contributed by atoms with Crippen LogP contribution >= 0.6 is 23.2 Å². The zero-order chi connectivity index (χ0) is 12.3. The summed E-state index contributed by atoms with van der Waals surface area (Å²) < 4.78 is 1.73. The van der Waals surface area contributed by atoms with Crippen molar-refractivity contribution in [1.82, 2.24) is 15.0 Å². The van der Waals surface area contributed by atoms with Crippen LogP contribution in [0.2, 0.25) is 5.02 Å². The van der Waals surface area contributed by atoms with E-state index >= 15 is 0 Å². The number of hydrogen-bond acceptors (Lipinski definition) is 2. The molecule has 17 heavy (non-hydrogen) atoms. The normalized spacial score (nSPS) is 10.8. The van der Waals surface area contributed by atoms with E-state index in [9.17, 15) is 0 Å². The highest BCUT2D eigenvalue weighted by atomic mass is 35.5. The number of alkyl halides is 1. The number of halogens is 2. The van der Waals surface area contributed by atoms with Gasteiger partial charge in [0.15, 0.2) is 0 Å². The van der Waals surface area contributed by atoms with E-state index in [-0.39, 0.29) is 0 Å². The second kappa shape index (κ2) is 5.52. The molecule has 0 aliphatic heterocycles. The van der Waals surface area contributed by atoms with Gasteiger partial charge in [-0.3, -0.25) is 0 Å². The first kappa shape index (κ1) is 12.4. The van der Waals surface area contributed by atoms with Crippen LogP contribution in [0.25, 0.3) is 5.69 Å². The molecule has 0 bridgehead atoms. The third-order valence-corrected chi connectivity index (χ3v) is 3.20. The Balaban J connectivity index is 2.21. The molecule has 1 aromatic carbocycles. The minimum absolute atomic E-state index is 0.642. The Morgan fingerprint density at radius 3 is 2.88 bits per heavy atom. The Hall–Kier alpha value is -1.06. The lowest BCUT2D eigenvalue weighted by Gasteiger charge is -2.02. The highest BCUT2D eigenvalue weighted by Crippen LogP contribution is 2.19. The van der Waals surface area contributed by atoms with E-state index < -0.39 is 0 Å². The topological polar surface area (TPSA) is 30.7 Å². The first-order valence-electron chi connectivity index (χ1n) is 5.44. The van der Waals surface area contributed by atoms with E-state index in [1.807, 2.05) is 31.3 Å². The van der Waals surface area contributed by atoms with Crippen LogP contribution in [0.1, 0.15) is 17.7 Å². The molecule has 1 heterocycles. The van der Waals surface area contributed by atoms with Gasteiger partial charge in [0.1, 0.15) is 0 Å². The molecule has 0 fully saturated rings. The smallest absolute Gasteiger partial charge is 0.0832 e. The molecule has 0 radical (unpaired) electrons. The van der Waals surface area contributed by atoms with Gasteiger partial charge in [-0.25, -0.2) is 4.68 Å². The summed E-state index contributed by atoms with van der Waals surface area (Å²) in [5, 5.41) is 8.90. The van der Waals surface area contributed by atoms with Crippen molar-refractivity contribution in [3.05, 3.63) is 40.7 Å². The van der Waals surface area contributed by atoms with Crippen molar-refractivity contribution in [2.24, 2.45) is 0 Å². The average molecular weight is 270 g/mol. The molecule has 5 heteroatoms. The number of aromatic nitrogens is 3. The predicted molar refractivity (Wildman–Crippen MR) is 70.1 cm³/mol. The summed E-state index contributed by atoms with van der Waals surface area (Å²) in [5.41, 5.74) is 2.92. The predicted octanol–water partition coefficient (Wildman–Crippen LogP) is 3.40. The van der Waals surface area contributed by atoms with Crippen LogP contribution in [-0.4, -0.2) is 20.9 Å². The second-order valence-corrected chi connectivity index (χ2v) is 4.67. The van der Waals surface area contributed by atoms with Gasteiger partial charge < -0.3 is 0 Å². The van der Waals surface area contributed by atoms with Crippen molar-refractivity contribution in [3.63, 3.8) is 0 Å². The Labute approximate surface area is 110 Å². The fraction of sp³-hybridized carbons (Fsp3) is 0.333. The number of nitrogens with zero attached hydrogens (tertiary/aromatic N) is 3. The molecule has 2 aromatic rings. The first-order valence-corrected chi connectivity index (χ1v) is 6.35. The molecule has 0 spiro atoms. The Morgan fingerprint density at radius 1 is 1.35 bits per heavy atom. The highest BCUT2D eigenvalue weighted by molar-refractivity contribution is 6.31. The molecule has 0 N–H and O–H groups in total. The third kappa shape index (κ3) is 2.99. The van der Waals surface area contributed by atoms with E-state index in [0.717, 1.165) is 34.8 Å². The monoisotopic (exact) mass is 269 g/mol. The zero-order valence-corrected chi connectivity index (χ0v) is 11.0. The standard InChI is InChI=1S/C12H13Cl2N3/c1-9-4-5-11(7-12(9)14)17-8-10(15-16-17)3-2-6-13/h4-5,7-8H,2-3,6H2,1H3. The molecular weight excluding hydrogens is 257 g/mol. The zero-order valence-electron chi connectivity index (χ0n) is 9.53. The van der Waals surface area contributed by atoms with Crippen LogP contribution in [0.5, 0.6) is 0 Å². The Kier molecular flexibility index (Phi) is 4.02. The molecule has 2 rings (SSSR count). The Bertz CT molecular complexity index is 508. The van der Waals surface area contributed by atoms with Gasteiger partial charge in [-0.2, -0.15) is 0 Å². The van der Waals surface area contributed by atoms with Gasteiger partial charge >= 0.3 is 0 Å². The van der Waals surface area contributed by atoms with Crippen molar-refractivity contribution in [1.29, 1.82) is 0 Å². The summed E-state index contributed by atoms with van der Waals surface area (Å²) in [7, 11) is 0. The van der Waals surface area contributed by atoms with Gasteiger partial charge in [-0.15, -0.1) is 16.7 Å². The fourth-order valence-corrected chi connectivity index (χ4v) is 1.82. The number of rotatable bonds is 4. The second-order valence-electron chi connectivity index (χ2n) is 3.88. The van der Waals surface area contributed by atoms with Crippen molar-refractivity contribution in [2.45, 2.75) is 19.8 Å². The van der Waals surface area contributed by atoms with E-state index in [1.54, 1.807) is 4.68 Å². The lowest BCUT2D eigenvalue weighted by Crippen LogP contribution is -1.95. The van der Waals surface area contributed by atoms with E-state index in [4.69, 9.17) is 23.2 Å². The SMILES string of the molecule is Cc1ccc(-n2cc(CCCCl)nn2)cc1Cl. The first-order chi connectivity index (χ1) is 8.20. The van der Waals surface area contributed by atoms with Crippen LogP contribution in [0.4, 0.5) is 0 Å². The van der Waals surface area contributed by atoms with Crippen molar-refractivity contribution < 1.29 is 0 Å². The summed E-state index contributed by atoms with van der Waals surface area (Å²) in [4.78, 5) is 0. The van der Waals surface area contributed by atoms with Gasteiger partial charge in [0.2, 0.25) is 0 Å². The molecule has 90 valence electrons. The average Bonchev–Trinajstić information content (AvgIpc) is 2.79.